The predicted octanol–water partition coefficient (Wildman–Crippen LogP) is 2.21. The van der Waals surface area contributed by atoms with Gasteiger partial charge in [-0.05, 0) is 6.07 Å². The summed E-state index contributed by atoms with van der Waals surface area (Å²) in [5.74, 6) is 1.09. The van der Waals surface area contributed by atoms with Gasteiger partial charge in [-0.25, -0.2) is 13.6 Å². The van der Waals surface area contributed by atoms with Gasteiger partial charge in [0.1, 0.15) is 4.90 Å². The summed E-state index contributed by atoms with van der Waals surface area (Å²) in [6, 6.07) is 7.14. The summed E-state index contributed by atoms with van der Waals surface area (Å²) in [5.41, 5.74) is 0.646. The largest absolute Gasteiger partial charge is 0.493 e. The SMILES string of the molecule is COc1cc(-n2cc(S(N)(=O)=O)c3cc([N+](=O)[O-])ccc32)cc(OC)c1OC. The van der Waals surface area contributed by atoms with E-state index in [4.69, 9.17) is 19.3 Å². The number of nitro benzene ring substituents is 1. The summed E-state index contributed by atoms with van der Waals surface area (Å²) in [6.45, 7) is 0. The fourth-order valence-electron chi connectivity index (χ4n) is 2.95. The standard InChI is InChI=1S/C17H17N3O7S/c1-25-14-7-11(8-15(26-2)17(14)27-3)19-9-16(28(18,23)24)12-6-10(20(21)22)4-5-13(12)19/h4-9H,1-3H3,(H2,18,23,24). The molecule has 0 saturated heterocycles. The number of nitrogens with two attached hydrogens (primary N) is 1. The monoisotopic (exact) mass is 407 g/mol. The molecule has 0 aliphatic carbocycles. The molecule has 0 radical (unpaired) electrons. The number of hydrogen-bond acceptors (Lipinski definition) is 7. The minimum Gasteiger partial charge on any atom is -0.493 e. The average Bonchev–Trinajstić information content (AvgIpc) is 3.05. The Morgan fingerprint density at radius 2 is 1.64 bits per heavy atom. The molecule has 3 aromatic rings. The second-order valence-corrected chi connectivity index (χ2v) is 7.28. The summed E-state index contributed by atoms with van der Waals surface area (Å²) >= 11 is 0. The van der Waals surface area contributed by atoms with Crippen molar-refractivity contribution in [3.8, 4) is 22.9 Å². The van der Waals surface area contributed by atoms with Crippen LogP contribution < -0.4 is 19.3 Å². The summed E-state index contributed by atoms with van der Waals surface area (Å²) in [6.07, 6.45) is 1.30. The molecule has 0 unspecified atom stereocenters. The molecule has 3 rings (SSSR count). The molecule has 0 amide bonds. The van der Waals surface area contributed by atoms with E-state index in [9.17, 15) is 18.5 Å². The van der Waals surface area contributed by atoms with Crippen molar-refractivity contribution in [3.05, 3.63) is 46.6 Å². The summed E-state index contributed by atoms with van der Waals surface area (Å²) in [4.78, 5) is 10.2. The number of ether oxygens (including phenoxy) is 3. The van der Waals surface area contributed by atoms with Crippen LogP contribution in [-0.2, 0) is 10.0 Å². The molecule has 2 N–H and O–H groups in total. The quantitative estimate of drug-likeness (QED) is 0.489. The van der Waals surface area contributed by atoms with Crippen molar-refractivity contribution < 1.29 is 27.6 Å². The lowest BCUT2D eigenvalue weighted by molar-refractivity contribution is -0.384. The van der Waals surface area contributed by atoms with Gasteiger partial charge in [-0.2, -0.15) is 0 Å². The van der Waals surface area contributed by atoms with E-state index in [0.29, 0.717) is 28.5 Å². The normalized spacial score (nSPS) is 11.4. The first-order valence-electron chi connectivity index (χ1n) is 7.84. The Labute approximate surface area is 160 Å². The first-order valence-corrected chi connectivity index (χ1v) is 9.38. The highest BCUT2D eigenvalue weighted by Crippen LogP contribution is 2.40. The van der Waals surface area contributed by atoms with Crippen LogP contribution in [0.1, 0.15) is 0 Å². The van der Waals surface area contributed by atoms with Gasteiger partial charge < -0.3 is 18.8 Å². The van der Waals surface area contributed by atoms with E-state index in [2.05, 4.69) is 0 Å². The maximum atomic E-state index is 12.0. The van der Waals surface area contributed by atoms with Gasteiger partial charge in [-0.3, -0.25) is 10.1 Å². The number of aromatic nitrogens is 1. The lowest BCUT2D eigenvalue weighted by Gasteiger charge is -2.15. The molecule has 0 aliphatic rings. The Balaban J connectivity index is 2.37. The number of rotatable bonds is 6. The molecule has 0 fully saturated rings. The molecule has 0 bridgehead atoms. The van der Waals surface area contributed by atoms with E-state index in [0.717, 1.165) is 0 Å². The van der Waals surface area contributed by atoms with Crippen LogP contribution in [-0.4, -0.2) is 39.2 Å². The van der Waals surface area contributed by atoms with Crippen molar-refractivity contribution in [1.29, 1.82) is 0 Å². The number of methoxy groups -OCH3 is 3. The molecule has 0 aliphatic heterocycles. The number of benzene rings is 2. The molecular weight excluding hydrogens is 390 g/mol. The van der Waals surface area contributed by atoms with Gasteiger partial charge in [-0.1, -0.05) is 0 Å². The summed E-state index contributed by atoms with van der Waals surface area (Å²) in [5, 5.41) is 16.5. The van der Waals surface area contributed by atoms with E-state index < -0.39 is 14.9 Å². The van der Waals surface area contributed by atoms with Crippen molar-refractivity contribution in [1.82, 2.24) is 4.57 Å². The Hall–Kier alpha value is -3.31. The number of nitrogens with zero attached hydrogens (tertiary/aromatic N) is 2. The molecule has 0 saturated carbocycles. The van der Waals surface area contributed by atoms with E-state index in [1.54, 1.807) is 12.1 Å². The van der Waals surface area contributed by atoms with Crippen molar-refractivity contribution in [2.24, 2.45) is 5.14 Å². The van der Waals surface area contributed by atoms with Gasteiger partial charge in [0.2, 0.25) is 15.8 Å². The van der Waals surface area contributed by atoms with Crippen LogP contribution in [0.5, 0.6) is 17.2 Å². The number of primary sulfonamides is 1. The predicted molar refractivity (Wildman–Crippen MR) is 101 cm³/mol. The van der Waals surface area contributed by atoms with E-state index >= 15 is 0 Å². The molecule has 11 heteroatoms. The third-order valence-corrected chi connectivity index (χ3v) is 5.13. The lowest BCUT2D eigenvalue weighted by atomic mass is 10.2. The van der Waals surface area contributed by atoms with Crippen molar-refractivity contribution in [2.45, 2.75) is 4.90 Å². The number of nitro groups is 1. The molecule has 28 heavy (non-hydrogen) atoms. The Kier molecular flexibility index (Phi) is 4.87. The molecule has 0 spiro atoms. The van der Waals surface area contributed by atoms with Crippen molar-refractivity contribution in [3.63, 3.8) is 0 Å². The van der Waals surface area contributed by atoms with Crippen LogP contribution in [0.3, 0.4) is 0 Å². The van der Waals surface area contributed by atoms with Gasteiger partial charge in [-0.15, -0.1) is 0 Å². The van der Waals surface area contributed by atoms with E-state index in [1.807, 2.05) is 0 Å². The maximum absolute atomic E-state index is 12.0. The fourth-order valence-corrected chi connectivity index (χ4v) is 3.67. The van der Waals surface area contributed by atoms with Gasteiger partial charge in [0.15, 0.2) is 11.5 Å². The molecule has 10 nitrogen and oxygen atoms in total. The van der Waals surface area contributed by atoms with Crippen LogP contribution in [0.2, 0.25) is 0 Å². The Bertz CT molecular complexity index is 1160. The number of sulfonamides is 1. The zero-order chi connectivity index (χ0) is 20.6. The van der Waals surface area contributed by atoms with Gasteiger partial charge in [0.25, 0.3) is 5.69 Å². The van der Waals surface area contributed by atoms with Gasteiger partial charge in [0.05, 0.1) is 37.5 Å². The Morgan fingerprint density at radius 1 is 1.04 bits per heavy atom. The van der Waals surface area contributed by atoms with Crippen LogP contribution in [0.25, 0.3) is 16.6 Å². The van der Waals surface area contributed by atoms with Crippen LogP contribution in [0, 0.1) is 10.1 Å². The fraction of sp³-hybridized carbons (Fsp3) is 0.176. The topological polar surface area (TPSA) is 136 Å². The molecule has 2 aromatic carbocycles. The minimum absolute atomic E-state index is 0.130. The highest BCUT2D eigenvalue weighted by Gasteiger charge is 2.22. The van der Waals surface area contributed by atoms with Gasteiger partial charge in [0, 0.05) is 35.8 Å². The van der Waals surface area contributed by atoms with Crippen molar-refractivity contribution >= 4 is 26.6 Å². The molecule has 1 aromatic heterocycles. The summed E-state index contributed by atoms with van der Waals surface area (Å²) < 4.78 is 41.6. The molecule has 148 valence electrons. The molecule has 1 heterocycles. The second-order valence-electron chi connectivity index (χ2n) is 5.75. The number of fused-ring (bicyclic) bond motifs is 1. The third kappa shape index (κ3) is 3.21. The first kappa shape index (κ1) is 19.5. The highest BCUT2D eigenvalue weighted by atomic mass is 32.2. The number of hydrogen-bond donors (Lipinski definition) is 1. The maximum Gasteiger partial charge on any atom is 0.270 e. The summed E-state index contributed by atoms with van der Waals surface area (Å²) in [7, 11) is 0.232. The second kappa shape index (κ2) is 7.02. The lowest BCUT2D eigenvalue weighted by Crippen LogP contribution is -2.11. The van der Waals surface area contributed by atoms with Crippen LogP contribution >= 0.6 is 0 Å². The average molecular weight is 407 g/mol. The highest BCUT2D eigenvalue weighted by molar-refractivity contribution is 7.89. The smallest absolute Gasteiger partial charge is 0.270 e. The van der Waals surface area contributed by atoms with Crippen LogP contribution in [0.15, 0.2) is 41.4 Å². The van der Waals surface area contributed by atoms with Gasteiger partial charge >= 0.3 is 0 Å². The molecular formula is C17H17N3O7S. The minimum atomic E-state index is -4.13. The van der Waals surface area contributed by atoms with Crippen molar-refractivity contribution in [2.75, 3.05) is 21.3 Å². The molecule has 0 atom stereocenters. The first-order chi connectivity index (χ1) is 13.2. The zero-order valence-corrected chi connectivity index (χ0v) is 16.0. The van der Waals surface area contributed by atoms with Crippen LogP contribution in [0.4, 0.5) is 5.69 Å². The number of non-ortho nitro benzene ring substituents is 1. The Morgan fingerprint density at radius 3 is 2.11 bits per heavy atom. The third-order valence-electron chi connectivity index (χ3n) is 4.20. The zero-order valence-electron chi connectivity index (χ0n) is 15.2. The van der Waals surface area contributed by atoms with E-state index in [1.165, 1.54) is 50.3 Å². The van der Waals surface area contributed by atoms with E-state index in [-0.39, 0.29) is 16.0 Å².